The number of hydrogen-bond acceptors (Lipinski definition) is 3. The molecule has 5 nitrogen and oxygen atoms in total. The van der Waals surface area contributed by atoms with Crippen LogP contribution in [-0.2, 0) is 4.74 Å². The Kier molecular flexibility index (Phi) is 8.76. The molecule has 1 saturated carbocycles. The van der Waals surface area contributed by atoms with E-state index < -0.39 is 0 Å². The first-order chi connectivity index (χ1) is 10.8. The van der Waals surface area contributed by atoms with Crippen LogP contribution in [0.2, 0.25) is 0 Å². The zero-order valence-electron chi connectivity index (χ0n) is 16.3. The smallest absolute Gasteiger partial charge is 0.191 e. The Balaban J connectivity index is 0.00000288. The summed E-state index contributed by atoms with van der Waals surface area (Å²) in [5.74, 6) is 0.925. The number of halogens is 1. The van der Waals surface area contributed by atoms with Crippen molar-refractivity contribution in [1.29, 1.82) is 0 Å². The standard InChI is InChI=1S/C18H36N4O.HI/c1-7-19-17(20-11-16(23-6)18(3,4)5)21-14-10-13(2)22(12-14)15-8-9-15;/h13-16H,7-12H2,1-6H3,(H2,19,20,21);1H. The first-order valence-electron chi connectivity index (χ1n) is 9.18. The van der Waals surface area contributed by atoms with Crippen LogP contribution >= 0.6 is 24.0 Å². The lowest BCUT2D eigenvalue weighted by atomic mass is 9.89. The average molecular weight is 452 g/mol. The molecule has 142 valence electrons. The van der Waals surface area contributed by atoms with E-state index in [4.69, 9.17) is 9.73 Å². The molecule has 0 spiro atoms. The van der Waals surface area contributed by atoms with Crippen LogP contribution in [0.25, 0.3) is 0 Å². The molecule has 0 radical (unpaired) electrons. The number of likely N-dealkylation sites (tertiary alicyclic amines) is 1. The van der Waals surface area contributed by atoms with Gasteiger partial charge in [0.1, 0.15) is 0 Å². The topological polar surface area (TPSA) is 48.9 Å². The third-order valence-electron chi connectivity index (χ3n) is 4.99. The first kappa shape index (κ1) is 22.0. The van der Waals surface area contributed by atoms with Crippen LogP contribution in [0, 0.1) is 5.41 Å². The highest BCUT2D eigenvalue weighted by molar-refractivity contribution is 14.0. The van der Waals surface area contributed by atoms with Crippen LogP contribution in [0.1, 0.15) is 53.9 Å². The fraction of sp³-hybridized carbons (Fsp3) is 0.944. The summed E-state index contributed by atoms with van der Waals surface area (Å²) in [6.07, 6.45) is 4.09. The van der Waals surface area contributed by atoms with E-state index in [1.165, 1.54) is 19.3 Å². The maximum absolute atomic E-state index is 5.62. The molecule has 0 aromatic carbocycles. The molecule has 2 aliphatic rings. The number of guanidine groups is 1. The molecular formula is C18H37IN4O. The Labute approximate surface area is 165 Å². The number of rotatable bonds is 6. The van der Waals surface area contributed by atoms with E-state index in [1.807, 2.05) is 0 Å². The molecule has 3 unspecified atom stereocenters. The van der Waals surface area contributed by atoms with Gasteiger partial charge in [0.05, 0.1) is 12.6 Å². The zero-order chi connectivity index (χ0) is 17.0. The molecule has 1 saturated heterocycles. The SMILES string of the molecule is CCNC(=NCC(OC)C(C)(C)C)NC1CC(C)N(C2CC2)C1.I. The molecule has 1 aliphatic heterocycles. The summed E-state index contributed by atoms with van der Waals surface area (Å²) in [6.45, 7) is 13.8. The molecule has 2 fully saturated rings. The van der Waals surface area contributed by atoms with Gasteiger partial charge in [0.25, 0.3) is 0 Å². The van der Waals surface area contributed by atoms with E-state index in [2.05, 4.69) is 50.2 Å². The molecule has 6 heteroatoms. The van der Waals surface area contributed by atoms with Gasteiger partial charge >= 0.3 is 0 Å². The van der Waals surface area contributed by atoms with Crippen molar-refractivity contribution in [2.24, 2.45) is 10.4 Å². The van der Waals surface area contributed by atoms with Crippen LogP contribution < -0.4 is 10.6 Å². The lowest BCUT2D eigenvalue weighted by molar-refractivity contribution is 0.0241. The van der Waals surface area contributed by atoms with Crippen molar-refractivity contribution >= 4 is 29.9 Å². The maximum atomic E-state index is 5.62. The van der Waals surface area contributed by atoms with E-state index in [1.54, 1.807) is 7.11 Å². The van der Waals surface area contributed by atoms with Gasteiger partial charge in [0.2, 0.25) is 0 Å². The van der Waals surface area contributed by atoms with Gasteiger partial charge in [0, 0.05) is 38.3 Å². The Hall–Kier alpha value is -0.0800. The van der Waals surface area contributed by atoms with E-state index in [0.29, 0.717) is 18.6 Å². The minimum atomic E-state index is 0. The van der Waals surface area contributed by atoms with Crippen molar-refractivity contribution in [3.63, 3.8) is 0 Å². The Bertz CT molecular complexity index is 406. The highest BCUT2D eigenvalue weighted by Gasteiger charge is 2.38. The van der Waals surface area contributed by atoms with Gasteiger partial charge in [-0.3, -0.25) is 9.89 Å². The van der Waals surface area contributed by atoms with E-state index in [9.17, 15) is 0 Å². The second kappa shape index (κ2) is 9.57. The monoisotopic (exact) mass is 452 g/mol. The predicted molar refractivity (Wildman–Crippen MR) is 112 cm³/mol. The minimum absolute atomic E-state index is 0. The number of hydrogen-bond donors (Lipinski definition) is 2. The normalized spacial score (nSPS) is 26.8. The number of methoxy groups -OCH3 is 1. The van der Waals surface area contributed by atoms with E-state index in [-0.39, 0.29) is 35.5 Å². The van der Waals surface area contributed by atoms with Gasteiger partial charge in [-0.1, -0.05) is 20.8 Å². The number of nitrogens with zero attached hydrogens (tertiary/aromatic N) is 2. The predicted octanol–water partition coefficient (Wildman–Crippen LogP) is 2.85. The van der Waals surface area contributed by atoms with Gasteiger partial charge in [-0.05, 0) is 38.5 Å². The summed E-state index contributed by atoms with van der Waals surface area (Å²) in [7, 11) is 1.78. The molecule has 0 amide bonds. The second-order valence-electron chi connectivity index (χ2n) is 8.16. The second-order valence-corrected chi connectivity index (χ2v) is 8.16. The molecule has 1 heterocycles. The lowest BCUT2D eigenvalue weighted by Gasteiger charge is -2.28. The number of ether oxygens (including phenoxy) is 1. The molecule has 2 rings (SSSR count). The molecule has 3 atom stereocenters. The van der Waals surface area contributed by atoms with Gasteiger partial charge in [-0.15, -0.1) is 24.0 Å². The van der Waals surface area contributed by atoms with Crippen molar-refractivity contribution in [1.82, 2.24) is 15.5 Å². The Morgan fingerprint density at radius 3 is 2.50 bits per heavy atom. The largest absolute Gasteiger partial charge is 0.379 e. The first-order valence-corrected chi connectivity index (χ1v) is 9.18. The van der Waals surface area contributed by atoms with Crippen LogP contribution in [0.15, 0.2) is 4.99 Å². The van der Waals surface area contributed by atoms with Gasteiger partial charge in [-0.2, -0.15) is 0 Å². The lowest BCUT2D eigenvalue weighted by Crippen LogP contribution is -2.45. The minimum Gasteiger partial charge on any atom is -0.379 e. The third kappa shape index (κ3) is 6.33. The zero-order valence-corrected chi connectivity index (χ0v) is 18.6. The summed E-state index contributed by atoms with van der Waals surface area (Å²) in [4.78, 5) is 7.44. The summed E-state index contributed by atoms with van der Waals surface area (Å²) in [6, 6.07) is 2.03. The molecular weight excluding hydrogens is 415 g/mol. The fourth-order valence-corrected chi connectivity index (χ4v) is 3.47. The Morgan fingerprint density at radius 2 is 2.00 bits per heavy atom. The van der Waals surface area contributed by atoms with Crippen molar-refractivity contribution in [3.05, 3.63) is 0 Å². The summed E-state index contributed by atoms with van der Waals surface area (Å²) >= 11 is 0. The highest BCUT2D eigenvalue weighted by Crippen LogP contribution is 2.33. The summed E-state index contributed by atoms with van der Waals surface area (Å²) < 4.78 is 5.62. The van der Waals surface area contributed by atoms with Crippen molar-refractivity contribution in [2.75, 3.05) is 26.7 Å². The van der Waals surface area contributed by atoms with E-state index in [0.717, 1.165) is 25.1 Å². The summed E-state index contributed by atoms with van der Waals surface area (Å²) in [5.41, 5.74) is 0.0974. The summed E-state index contributed by atoms with van der Waals surface area (Å²) in [5, 5.41) is 7.01. The van der Waals surface area contributed by atoms with Crippen LogP contribution in [0.5, 0.6) is 0 Å². The van der Waals surface area contributed by atoms with E-state index >= 15 is 0 Å². The molecule has 24 heavy (non-hydrogen) atoms. The van der Waals surface area contributed by atoms with Crippen LogP contribution in [-0.4, -0.2) is 61.8 Å². The molecule has 0 aromatic heterocycles. The quantitative estimate of drug-likeness (QED) is 0.370. The van der Waals surface area contributed by atoms with Crippen LogP contribution in [0.3, 0.4) is 0 Å². The molecule has 2 N–H and O–H groups in total. The van der Waals surface area contributed by atoms with Crippen molar-refractivity contribution < 1.29 is 4.74 Å². The number of nitrogens with one attached hydrogen (secondary N) is 2. The molecule has 0 aromatic rings. The number of aliphatic imine (C=N–C) groups is 1. The Morgan fingerprint density at radius 1 is 1.33 bits per heavy atom. The average Bonchev–Trinajstić information content (AvgIpc) is 3.22. The van der Waals surface area contributed by atoms with Crippen molar-refractivity contribution in [2.45, 2.75) is 78.1 Å². The van der Waals surface area contributed by atoms with Crippen LogP contribution in [0.4, 0.5) is 0 Å². The van der Waals surface area contributed by atoms with Gasteiger partial charge < -0.3 is 15.4 Å². The molecule has 1 aliphatic carbocycles. The molecule has 0 bridgehead atoms. The maximum Gasteiger partial charge on any atom is 0.191 e. The highest BCUT2D eigenvalue weighted by atomic mass is 127. The fourth-order valence-electron chi connectivity index (χ4n) is 3.47. The van der Waals surface area contributed by atoms with Gasteiger partial charge in [-0.25, -0.2) is 0 Å². The van der Waals surface area contributed by atoms with Gasteiger partial charge in [0.15, 0.2) is 5.96 Å². The third-order valence-corrected chi connectivity index (χ3v) is 4.99. The van der Waals surface area contributed by atoms with Crippen molar-refractivity contribution in [3.8, 4) is 0 Å².